The maximum absolute atomic E-state index is 12.7. The molecule has 0 bridgehead atoms. The lowest BCUT2D eigenvalue weighted by Gasteiger charge is -2.34. The molecule has 1 saturated heterocycles. The van der Waals surface area contributed by atoms with Gasteiger partial charge >= 0.3 is 0 Å². The Balaban J connectivity index is 1.41. The van der Waals surface area contributed by atoms with E-state index in [1.807, 2.05) is 36.4 Å². The number of nitrogens with zero attached hydrogens (tertiary/aromatic N) is 2. The van der Waals surface area contributed by atoms with Crippen LogP contribution in [0.25, 0.3) is 10.8 Å². The highest BCUT2D eigenvalue weighted by Crippen LogP contribution is 2.28. The second kappa shape index (κ2) is 9.50. The van der Waals surface area contributed by atoms with Gasteiger partial charge in [0.2, 0.25) is 0 Å². The summed E-state index contributed by atoms with van der Waals surface area (Å²) in [7, 11) is 2.16. The summed E-state index contributed by atoms with van der Waals surface area (Å²) < 4.78 is 0. The number of hydrogen-bond acceptors (Lipinski definition) is 3. The topological polar surface area (TPSA) is 35.6 Å². The fourth-order valence-corrected chi connectivity index (χ4v) is 4.09. The Morgan fingerprint density at radius 2 is 1.77 bits per heavy atom. The molecule has 0 radical (unpaired) electrons. The van der Waals surface area contributed by atoms with Gasteiger partial charge < -0.3 is 15.1 Å². The summed E-state index contributed by atoms with van der Waals surface area (Å²) in [6.07, 6.45) is 1.82. The van der Waals surface area contributed by atoms with Crippen LogP contribution >= 0.6 is 11.6 Å². The van der Waals surface area contributed by atoms with Crippen LogP contribution in [0.3, 0.4) is 0 Å². The van der Waals surface area contributed by atoms with E-state index in [1.54, 1.807) is 0 Å². The van der Waals surface area contributed by atoms with Gasteiger partial charge in [0.05, 0.1) is 0 Å². The van der Waals surface area contributed by atoms with E-state index in [9.17, 15) is 4.79 Å². The van der Waals surface area contributed by atoms with Gasteiger partial charge in [-0.2, -0.15) is 0 Å². The van der Waals surface area contributed by atoms with Gasteiger partial charge in [-0.1, -0.05) is 41.9 Å². The first-order valence-electron chi connectivity index (χ1n) is 10.6. The van der Waals surface area contributed by atoms with E-state index in [0.717, 1.165) is 55.0 Å². The van der Waals surface area contributed by atoms with Crippen molar-refractivity contribution in [2.45, 2.75) is 12.8 Å². The third-order valence-electron chi connectivity index (χ3n) is 5.81. The first kappa shape index (κ1) is 20.7. The van der Waals surface area contributed by atoms with Crippen LogP contribution in [0, 0.1) is 0 Å². The quantitative estimate of drug-likeness (QED) is 0.590. The van der Waals surface area contributed by atoms with Crippen LogP contribution in [-0.4, -0.2) is 50.6 Å². The molecule has 0 saturated carbocycles. The molecule has 0 spiro atoms. The minimum Gasteiger partial charge on any atom is -0.368 e. The molecular formula is C25H28ClN3O. The summed E-state index contributed by atoms with van der Waals surface area (Å²) in [6, 6.07) is 20.3. The normalized spacial score (nSPS) is 14.8. The second-order valence-corrected chi connectivity index (χ2v) is 8.43. The maximum atomic E-state index is 12.7. The van der Waals surface area contributed by atoms with Gasteiger partial charge in [-0.05, 0) is 61.2 Å². The SMILES string of the molecule is CN1CCN(c2cccc3ccc(C(=O)NCCCc4ccc(Cl)cc4)cc23)CC1. The molecule has 30 heavy (non-hydrogen) atoms. The van der Waals surface area contributed by atoms with E-state index in [0.29, 0.717) is 6.54 Å². The molecule has 0 aliphatic carbocycles. The summed E-state index contributed by atoms with van der Waals surface area (Å²) >= 11 is 5.93. The molecule has 5 heteroatoms. The minimum atomic E-state index is -0.0128. The number of amides is 1. The molecule has 0 unspecified atom stereocenters. The van der Waals surface area contributed by atoms with Crippen molar-refractivity contribution in [2.24, 2.45) is 0 Å². The second-order valence-electron chi connectivity index (χ2n) is 7.99. The third-order valence-corrected chi connectivity index (χ3v) is 6.06. The number of carbonyl (C=O) groups excluding carboxylic acids is 1. The fourth-order valence-electron chi connectivity index (χ4n) is 3.97. The maximum Gasteiger partial charge on any atom is 0.251 e. The van der Waals surface area contributed by atoms with Gasteiger partial charge in [-0.25, -0.2) is 0 Å². The van der Waals surface area contributed by atoms with E-state index in [1.165, 1.54) is 16.6 Å². The molecule has 1 heterocycles. The van der Waals surface area contributed by atoms with Crippen molar-refractivity contribution in [1.29, 1.82) is 0 Å². The van der Waals surface area contributed by atoms with Crippen LogP contribution in [0.1, 0.15) is 22.3 Å². The van der Waals surface area contributed by atoms with Crippen molar-refractivity contribution in [3.05, 3.63) is 76.8 Å². The lowest BCUT2D eigenvalue weighted by atomic mass is 10.0. The van der Waals surface area contributed by atoms with E-state index in [4.69, 9.17) is 11.6 Å². The first-order valence-corrected chi connectivity index (χ1v) is 11.0. The van der Waals surface area contributed by atoms with Crippen molar-refractivity contribution >= 4 is 34.0 Å². The van der Waals surface area contributed by atoms with Gasteiger partial charge in [-0.15, -0.1) is 0 Å². The Kier molecular flexibility index (Phi) is 6.56. The first-order chi connectivity index (χ1) is 14.6. The van der Waals surface area contributed by atoms with Crippen LogP contribution in [0.5, 0.6) is 0 Å². The molecule has 1 aliphatic rings. The number of piperazine rings is 1. The lowest BCUT2D eigenvalue weighted by Crippen LogP contribution is -2.44. The molecule has 3 aromatic carbocycles. The Morgan fingerprint density at radius 1 is 1.00 bits per heavy atom. The van der Waals surface area contributed by atoms with E-state index < -0.39 is 0 Å². The number of likely N-dealkylation sites (N-methyl/N-ethyl adjacent to an activating group) is 1. The predicted octanol–water partition coefficient (Wildman–Crippen LogP) is 4.61. The van der Waals surface area contributed by atoms with Gasteiger partial charge in [-0.3, -0.25) is 4.79 Å². The molecule has 4 rings (SSSR count). The highest BCUT2D eigenvalue weighted by atomic mass is 35.5. The lowest BCUT2D eigenvalue weighted by molar-refractivity contribution is 0.0953. The number of fused-ring (bicyclic) bond motifs is 1. The molecule has 4 nitrogen and oxygen atoms in total. The molecule has 1 amide bonds. The zero-order valence-electron chi connectivity index (χ0n) is 17.4. The monoisotopic (exact) mass is 421 g/mol. The van der Waals surface area contributed by atoms with Gasteiger partial charge in [0.1, 0.15) is 0 Å². The fraction of sp³-hybridized carbons (Fsp3) is 0.320. The summed E-state index contributed by atoms with van der Waals surface area (Å²) in [6.45, 7) is 4.79. The zero-order chi connectivity index (χ0) is 20.9. The van der Waals surface area contributed by atoms with Crippen molar-refractivity contribution in [3.8, 4) is 0 Å². The molecular weight excluding hydrogens is 394 g/mol. The summed E-state index contributed by atoms with van der Waals surface area (Å²) in [4.78, 5) is 17.5. The van der Waals surface area contributed by atoms with Gasteiger partial charge in [0.15, 0.2) is 0 Å². The molecule has 156 valence electrons. The van der Waals surface area contributed by atoms with Crippen LogP contribution < -0.4 is 10.2 Å². The third kappa shape index (κ3) is 4.94. The van der Waals surface area contributed by atoms with E-state index >= 15 is 0 Å². The number of halogens is 1. The highest BCUT2D eigenvalue weighted by Gasteiger charge is 2.17. The van der Waals surface area contributed by atoms with Crippen LogP contribution in [0.2, 0.25) is 5.02 Å². The van der Waals surface area contributed by atoms with Gasteiger partial charge in [0.25, 0.3) is 5.91 Å². The molecule has 0 aromatic heterocycles. The summed E-state index contributed by atoms with van der Waals surface area (Å²) in [5, 5.41) is 6.14. The van der Waals surface area contributed by atoms with Crippen LogP contribution in [0.15, 0.2) is 60.7 Å². The number of benzene rings is 3. The average molecular weight is 422 g/mol. The number of carbonyl (C=O) groups is 1. The standard InChI is InChI=1S/C25H28ClN3O/c1-28-14-16-29(17-15-28)24-6-2-5-20-9-10-21(18-23(20)24)25(30)27-13-3-4-19-7-11-22(26)12-8-19/h2,5-12,18H,3-4,13-17H2,1H3,(H,27,30). The number of rotatable bonds is 6. The van der Waals surface area contributed by atoms with Crippen molar-refractivity contribution in [1.82, 2.24) is 10.2 Å². The number of nitrogens with one attached hydrogen (secondary N) is 1. The van der Waals surface area contributed by atoms with Crippen LogP contribution in [-0.2, 0) is 6.42 Å². The zero-order valence-corrected chi connectivity index (χ0v) is 18.2. The summed E-state index contributed by atoms with van der Waals surface area (Å²) in [5.74, 6) is -0.0128. The minimum absolute atomic E-state index is 0.0128. The Morgan fingerprint density at radius 3 is 2.53 bits per heavy atom. The number of aryl methyl sites for hydroxylation is 1. The molecule has 3 aromatic rings. The number of hydrogen-bond donors (Lipinski definition) is 1. The molecule has 1 N–H and O–H groups in total. The van der Waals surface area contributed by atoms with E-state index in [-0.39, 0.29) is 5.91 Å². The summed E-state index contributed by atoms with van der Waals surface area (Å²) in [5.41, 5.74) is 3.17. The largest absolute Gasteiger partial charge is 0.368 e. The average Bonchev–Trinajstić information content (AvgIpc) is 2.77. The van der Waals surface area contributed by atoms with Gasteiger partial charge in [0, 0.05) is 54.4 Å². The highest BCUT2D eigenvalue weighted by molar-refractivity contribution is 6.30. The van der Waals surface area contributed by atoms with Crippen molar-refractivity contribution < 1.29 is 4.79 Å². The smallest absolute Gasteiger partial charge is 0.251 e. The van der Waals surface area contributed by atoms with E-state index in [2.05, 4.69) is 46.4 Å². The predicted molar refractivity (Wildman–Crippen MR) is 126 cm³/mol. The Hall–Kier alpha value is -2.56. The Labute approximate surface area is 183 Å². The molecule has 1 fully saturated rings. The van der Waals surface area contributed by atoms with Crippen molar-refractivity contribution in [3.63, 3.8) is 0 Å². The number of anilines is 1. The Bertz CT molecular complexity index is 1010. The van der Waals surface area contributed by atoms with Crippen LogP contribution in [0.4, 0.5) is 5.69 Å². The van der Waals surface area contributed by atoms with Crippen molar-refractivity contribution in [2.75, 3.05) is 44.7 Å². The molecule has 0 atom stereocenters. The molecule has 1 aliphatic heterocycles.